The maximum absolute atomic E-state index is 4.84. The first kappa shape index (κ1) is 74.7. The summed E-state index contributed by atoms with van der Waals surface area (Å²) in [7, 11) is 0. The average molecular weight is 1650 g/mol. The van der Waals surface area contributed by atoms with Gasteiger partial charge in [0.1, 0.15) is 0 Å². The van der Waals surface area contributed by atoms with Gasteiger partial charge in [-0.2, -0.15) is 0 Å². The first-order valence-electron chi connectivity index (χ1n) is 38.0. The predicted molar refractivity (Wildman–Crippen MR) is 464 cm³/mol. The molecule has 6 nitrogen and oxygen atoms in total. The monoisotopic (exact) mass is 1650 g/mol. The third-order valence-corrected chi connectivity index (χ3v) is 21.0. The van der Waals surface area contributed by atoms with E-state index in [1.807, 2.05) is 104 Å². The maximum Gasteiger partial charge on any atom is 3.00 e. The van der Waals surface area contributed by atoms with Crippen LogP contribution in [-0.4, -0.2) is 29.9 Å². The largest absolute Gasteiger partial charge is 3.00 e. The Balaban J connectivity index is 0.00000484. The Kier molecular flexibility index (Phi) is 22.0. The second kappa shape index (κ2) is 34.1. The second-order valence-electron chi connectivity index (χ2n) is 28.0. The van der Waals surface area contributed by atoms with E-state index in [0.29, 0.717) is 0 Å². The van der Waals surface area contributed by atoms with Crippen LogP contribution in [0.5, 0.6) is 0 Å². The van der Waals surface area contributed by atoms with Crippen molar-refractivity contribution in [1.82, 2.24) is 29.9 Å². The van der Waals surface area contributed by atoms with E-state index >= 15 is 0 Å². The Labute approximate surface area is 702 Å². The van der Waals surface area contributed by atoms with Gasteiger partial charge in [0.2, 0.25) is 0 Å². The van der Waals surface area contributed by atoms with Crippen LogP contribution in [0.15, 0.2) is 401 Å². The van der Waals surface area contributed by atoms with Crippen LogP contribution in [0.2, 0.25) is 0 Å². The van der Waals surface area contributed by atoms with E-state index in [1.54, 1.807) is 6.33 Å². The van der Waals surface area contributed by atoms with E-state index in [2.05, 4.69) is 348 Å². The molecule has 19 rings (SSSR count). The molecule has 5 heterocycles. The fourth-order valence-electron chi connectivity index (χ4n) is 15.4. The average Bonchev–Trinajstić information content (AvgIpc) is 0.768. The number of rotatable bonds is 18. The van der Waals surface area contributed by atoms with Gasteiger partial charge in [-0.1, -0.05) is 267 Å². The standard InChI is InChI=1S/C108H66N6.2Rh/c1-7-27-97(91(21-1)73-37-49-79(50-38-73)103-33-13-17-61-109-103)85-65-86(98-28-8-2-22-92(98)74-39-51-80(52-40-74)104-34-14-18-62-110-104)68-89(67-85)101-31-11-5-25-95(101)77-45-57-83(58-46-77)107-71-108(114-72-113-107)84-59-47-78(48-60-84)96-26-6-12-32-102(96)90-69-87(99-29-9-3-23-93(99)75-41-53-81(54-42-75)105-35-15-19-63-111-105)66-88(70-90)100-30-10-4-24-94(100)76-43-55-82(56-44-76)106-36-16-20-64-112-106;;/h1-49,51,53,55,57,59,61-72H;;/q-6;2*+3. The van der Waals surface area contributed by atoms with Crippen LogP contribution in [0.4, 0.5) is 0 Å². The molecule has 546 valence electrons. The Morgan fingerprint density at radius 2 is 0.319 bits per heavy atom. The van der Waals surface area contributed by atoms with Crippen molar-refractivity contribution in [3.05, 3.63) is 438 Å². The molecule has 0 spiro atoms. The van der Waals surface area contributed by atoms with Crippen LogP contribution in [0.25, 0.3) is 201 Å². The predicted octanol–water partition coefficient (Wildman–Crippen LogP) is 26.9. The smallest absolute Gasteiger partial charge is 0.305 e. The van der Waals surface area contributed by atoms with Crippen molar-refractivity contribution in [2.24, 2.45) is 0 Å². The summed E-state index contributed by atoms with van der Waals surface area (Å²) in [5.41, 5.74) is 36.4. The van der Waals surface area contributed by atoms with E-state index in [0.717, 1.165) is 201 Å². The number of aromatic nitrogens is 6. The molecule has 0 atom stereocenters. The van der Waals surface area contributed by atoms with E-state index in [4.69, 9.17) is 9.97 Å². The molecule has 0 radical (unpaired) electrons. The second-order valence-corrected chi connectivity index (χ2v) is 28.0. The fraction of sp³-hybridized carbons (Fsp3) is 0. The van der Waals surface area contributed by atoms with Gasteiger partial charge < -0.3 is 19.9 Å². The zero-order valence-corrected chi connectivity index (χ0v) is 65.7. The molecule has 0 aliphatic heterocycles. The summed E-state index contributed by atoms with van der Waals surface area (Å²) >= 11 is 0. The molecule has 5 aromatic heterocycles. The molecule has 0 unspecified atom stereocenters. The Hall–Kier alpha value is -14.0. The number of pyridine rings is 4. The number of nitrogens with zero attached hydrogens (tertiary/aromatic N) is 6. The van der Waals surface area contributed by atoms with E-state index in [-0.39, 0.29) is 39.0 Å². The molecule has 0 N–H and O–H groups in total. The summed E-state index contributed by atoms with van der Waals surface area (Å²) in [5.74, 6) is 0. The van der Waals surface area contributed by atoms with Gasteiger partial charge in [-0.05, 0) is 162 Å². The quantitative estimate of drug-likeness (QED) is 0.0629. The van der Waals surface area contributed by atoms with Gasteiger partial charge >= 0.3 is 39.0 Å². The Bertz CT molecular complexity index is 5950. The molecule has 0 aliphatic rings. The molecule has 14 aromatic carbocycles. The molecular formula is C108H66N6Rh2. The van der Waals surface area contributed by atoms with Gasteiger partial charge in [0.05, 0.1) is 6.33 Å². The number of benzene rings is 14. The van der Waals surface area contributed by atoms with Crippen LogP contribution in [0.1, 0.15) is 0 Å². The molecular weight excluding hydrogens is 1590 g/mol. The van der Waals surface area contributed by atoms with Crippen LogP contribution >= 0.6 is 0 Å². The van der Waals surface area contributed by atoms with Gasteiger partial charge in [-0.15, -0.1) is 179 Å². The fourth-order valence-corrected chi connectivity index (χ4v) is 15.4. The van der Waals surface area contributed by atoms with Gasteiger partial charge in [-0.25, -0.2) is 0 Å². The minimum absolute atomic E-state index is 0. The van der Waals surface area contributed by atoms with Crippen LogP contribution in [0, 0.1) is 36.4 Å². The number of hydrogen-bond acceptors (Lipinski definition) is 6. The van der Waals surface area contributed by atoms with Crippen molar-refractivity contribution in [2.45, 2.75) is 0 Å². The normalized spacial score (nSPS) is 11.0. The molecule has 0 fully saturated rings. The molecule has 19 aromatic rings. The molecule has 116 heavy (non-hydrogen) atoms. The van der Waals surface area contributed by atoms with Crippen molar-refractivity contribution in [3.8, 4) is 201 Å². The van der Waals surface area contributed by atoms with Crippen LogP contribution in [0.3, 0.4) is 0 Å². The third kappa shape index (κ3) is 15.7. The Morgan fingerprint density at radius 1 is 0.147 bits per heavy atom. The van der Waals surface area contributed by atoms with Crippen molar-refractivity contribution in [3.63, 3.8) is 0 Å². The van der Waals surface area contributed by atoms with E-state index < -0.39 is 0 Å². The number of hydrogen-bond donors (Lipinski definition) is 0. The summed E-state index contributed by atoms with van der Waals surface area (Å²) < 4.78 is 0. The van der Waals surface area contributed by atoms with Crippen molar-refractivity contribution in [2.75, 3.05) is 0 Å². The van der Waals surface area contributed by atoms with Gasteiger partial charge in [-0.3, -0.25) is 9.97 Å². The molecule has 0 bridgehead atoms. The first-order chi connectivity index (χ1) is 56.5. The summed E-state index contributed by atoms with van der Waals surface area (Å²) in [5, 5.41) is 0. The summed E-state index contributed by atoms with van der Waals surface area (Å²) in [6, 6.07) is 152. The Morgan fingerprint density at radius 3 is 0.483 bits per heavy atom. The maximum atomic E-state index is 4.84. The summed E-state index contributed by atoms with van der Waals surface area (Å²) in [6.45, 7) is 0. The molecule has 0 saturated carbocycles. The summed E-state index contributed by atoms with van der Waals surface area (Å²) in [6.07, 6.45) is 8.91. The van der Waals surface area contributed by atoms with Crippen molar-refractivity contribution >= 4 is 0 Å². The van der Waals surface area contributed by atoms with Crippen LogP contribution in [-0.2, 0) is 39.0 Å². The van der Waals surface area contributed by atoms with Gasteiger partial charge in [0, 0.05) is 24.8 Å². The SMILES string of the molecule is [Rh+3].[Rh+3].[c-]1cc(-c2ccccc2-c2cc(-c3ccccc3-c3c[c-]c(-c4ccccn4)cc3)cc(-c3ccccc3-c3c[c-]c(-c4cc(-c5[c-]cc(-c6ccccc6-c6cc(-c7ccccc7-c7c[c-]c(-c8ccccn8)cc7)cc(-c7ccccc7-c7c[c-]c(-c8ccccn8)cc7)c6)cc5)ncn4)cc3)c2)ccc1-c1ccccn1. The first-order valence-corrected chi connectivity index (χ1v) is 38.0. The van der Waals surface area contributed by atoms with Gasteiger partial charge in [0.15, 0.2) is 0 Å². The zero-order valence-electron chi connectivity index (χ0n) is 62.5. The van der Waals surface area contributed by atoms with Crippen LogP contribution < -0.4 is 0 Å². The molecule has 0 aliphatic carbocycles. The van der Waals surface area contributed by atoms with Crippen molar-refractivity contribution < 1.29 is 39.0 Å². The molecule has 8 heteroatoms. The summed E-state index contributed by atoms with van der Waals surface area (Å²) in [4.78, 5) is 28.1. The van der Waals surface area contributed by atoms with Crippen molar-refractivity contribution in [1.29, 1.82) is 0 Å². The zero-order chi connectivity index (χ0) is 75.9. The minimum Gasteiger partial charge on any atom is -0.305 e. The minimum atomic E-state index is 0. The van der Waals surface area contributed by atoms with E-state index in [9.17, 15) is 0 Å². The van der Waals surface area contributed by atoms with E-state index in [1.165, 1.54) is 0 Å². The molecule has 0 amide bonds. The molecule has 0 saturated heterocycles. The van der Waals surface area contributed by atoms with Gasteiger partial charge in [0.25, 0.3) is 0 Å². The topological polar surface area (TPSA) is 77.3 Å². The third-order valence-electron chi connectivity index (χ3n) is 21.0.